The van der Waals surface area contributed by atoms with Crippen molar-refractivity contribution in [2.24, 2.45) is 0 Å². The lowest BCUT2D eigenvalue weighted by molar-refractivity contribution is -0.131. The van der Waals surface area contributed by atoms with Crippen LogP contribution in [0.5, 0.6) is 5.75 Å². The SMILES string of the molecule is CCCCN(Cc1ccccc1)C1CCC(=O)N(Cc2ccc(OC)cc2)CC1. The Labute approximate surface area is 175 Å². The number of carbonyl (C=O) groups is 1. The number of carbonyl (C=O) groups excluding carboxylic acids is 1. The molecular formula is C25H34N2O2. The van der Waals surface area contributed by atoms with Gasteiger partial charge in [-0.25, -0.2) is 0 Å². The Hall–Kier alpha value is -2.33. The molecule has 3 rings (SSSR count). The van der Waals surface area contributed by atoms with Crippen molar-refractivity contribution in [2.45, 2.75) is 58.2 Å². The van der Waals surface area contributed by atoms with Crippen LogP contribution in [0.25, 0.3) is 0 Å². The van der Waals surface area contributed by atoms with E-state index in [4.69, 9.17) is 4.74 Å². The number of nitrogens with zero attached hydrogens (tertiary/aromatic N) is 2. The molecule has 1 amide bonds. The predicted molar refractivity (Wildman–Crippen MR) is 118 cm³/mol. The summed E-state index contributed by atoms with van der Waals surface area (Å²) in [5.41, 5.74) is 2.51. The number of hydrogen-bond donors (Lipinski definition) is 0. The van der Waals surface area contributed by atoms with Gasteiger partial charge in [0.1, 0.15) is 5.75 Å². The Morgan fingerprint density at radius 1 is 1.03 bits per heavy atom. The van der Waals surface area contributed by atoms with Crippen LogP contribution in [0.4, 0.5) is 0 Å². The van der Waals surface area contributed by atoms with Crippen LogP contribution >= 0.6 is 0 Å². The maximum atomic E-state index is 12.8. The average molecular weight is 395 g/mol. The molecule has 0 aromatic heterocycles. The third kappa shape index (κ3) is 6.33. The molecule has 1 heterocycles. The van der Waals surface area contributed by atoms with E-state index in [-0.39, 0.29) is 5.91 Å². The lowest BCUT2D eigenvalue weighted by atomic mass is 10.1. The molecule has 1 aliphatic heterocycles. The minimum absolute atomic E-state index is 0.276. The molecule has 29 heavy (non-hydrogen) atoms. The summed E-state index contributed by atoms with van der Waals surface area (Å²) in [6.45, 7) is 5.82. The van der Waals surface area contributed by atoms with Crippen LogP contribution in [-0.2, 0) is 17.9 Å². The van der Waals surface area contributed by atoms with Crippen molar-refractivity contribution >= 4 is 5.91 Å². The van der Waals surface area contributed by atoms with E-state index in [0.29, 0.717) is 19.0 Å². The van der Waals surface area contributed by atoms with Gasteiger partial charge in [-0.15, -0.1) is 0 Å². The molecule has 0 aliphatic carbocycles. The molecule has 0 N–H and O–H groups in total. The zero-order valence-corrected chi connectivity index (χ0v) is 17.8. The topological polar surface area (TPSA) is 32.8 Å². The molecule has 1 atom stereocenters. The van der Waals surface area contributed by atoms with Gasteiger partial charge in [-0.05, 0) is 49.1 Å². The number of rotatable bonds is 9. The summed E-state index contributed by atoms with van der Waals surface area (Å²) in [5, 5.41) is 0. The van der Waals surface area contributed by atoms with Crippen LogP contribution in [0.1, 0.15) is 50.2 Å². The molecule has 0 spiro atoms. The molecule has 0 radical (unpaired) electrons. The van der Waals surface area contributed by atoms with Gasteiger partial charge in [0.2, 0.25) is 5.91 Å². The van der Waals surface area contributed by atoms with Crippen molar-refractivity contribution < 1.29 is 9.53 Å². The molecule has 4 nitrogen and oxygen atoms in total. The molecule has 2 aromatic rings. The van der Waals surface area contributed by atoms with Gasteiger partial charge in [0.05, 0.1) is 7.11 Å². The first-order valence-electron chi connectivity index (χ1n) is 10.9. The fraction of sp³-hybridized carbons (Fsp3) is 0.480. The summed E-state index contributed by atoms with van der Waals surface area (Å²) in [7, 11) is 1.67. The summed E-state index contributed by atoms with van der Waals surface area (Å²) in [4.78, 5) is 17.4. The zero-order chi connectivity index (χ0) is 20.5. The van der Waals surface area contributed by atoms with Crippen molar-refractivity contribution in [2.75, 3.05) is 20.2 Å². The predicted octanol–water partition coefficient (Wildman–Crippen LogP) is 4.88. The van der Waals surface area contributed by atoms with E-state index in [1.54, 1.807) is 7.11 Å². The first kappa shape index (κ1) is 21.4. The lowest BCUT2D eigenvalue weighted by Gasteiger charge is -2.31. The van der Waals surface area contributed by atoms with E-state index in [2.05, 4.69) is 54.3 Å². The highest BCUT2D eigenvalue weighted by molar-refractivity contribution is 5.76. The van der Waals surface area contributed by atoms with E-state index >= 15 is 0 Å². The summed E-state index contributed by atoms with van der Waals surface area (Å²) in [6.07, 6.45) is 5.03. The monoisotopic (exact) mass is 394 g/mol. The van der Waals surface area contributed by atoms with Crippen molar-refractivity contribution in [3.05, 3.63) is 65.7 Å². The number of ether oxygens (including phenoxy) is 1. The van der Waals surface area contributed by atoms with Gasteiger partial charge < -0.3 is 9.64 Å². The molecule has 1 unspecified atom stereocenters. The number of amides is 1. The first-order chi connectivity index (χ1) is 14.2. The Kier molecular flexibility index (Phi) is 8.12. The number of unbranched alkanes of at least 4 members (excludes halogenated alkanes) is 1. The average Bonchev–Trinajstić information content (AvgIpc) is 2.94. The van der Waals surface area contributed by atoms with Crippen LogP contribution in [0.15, 0.2) is 54.6 Å². The number of benzene rings is 2. The van der Waals surface area contributed by atoms with Gasteiger partial charge in [-0.3, -0.25) is 9.69 Å². The minimum atomic E-state index is 0.276. The van der Waals surface area contributed by atoms with Gasteiger partial charge in [0.15, 0.2) is 0 Å². The second-order valence-corrected chi connectivity index (χ2v) is 7.95. The maximum absolute atomic E-state index is 12.8. The smallest absolute Gasteiger partial charge is 0.222 e. The Morgan fingerprint density at radius 2 is 1.79 bits per heavy atom. The number of hydrogen-bond acceptors (Lipinski definition) is 3. The molecular weight excluding hydrogens is 360 g/mol. The maximum Gasteiger partial charge on any atom is 0.222 e. The zero-order valence-electron chi connectivity index (χ0n) is 17.8. The van der Waals surface area contributed by atoms with Crippen LogP contribution in [0, 0.1) is 0 Å². The molecule has 156 valence electrons. The van der Waals surface area contributed by atoms with E-state index in [1.807, 2.05) is 17.0 Å². The van der Waals surface area contributed by atoms with E-state index in [1.165, 1.54) is 18.4 Å². The lowest BCUT2D eigenvalue weighted by Crippen LogP contribution is -2.36. The van der Waals surface area contributed by atoms with E-state index in [0.717, 1.165) is 43.8 Å². The van der Waals surface area contributed by atoms with Gasteiger partial charge in [-0.2, -0.15) is 0 Å². The summed E-state index contributed by atoms with van der Waals surface area (Å²) in [6, 6.07) is 19.2. The molecule has 4 heteroatoms. The van der Waals surface area contributed by atoms with E-state index in [9.17, 15) is 4.79 Å². The van der Waals surface area contributed by atoms with Crippen LogP contribution in [0.3, 0.4) is 0 Å². The summed E-state index contributed by atoms with van der Waals surface area (Å²) < 4.78 is 5.24. The minimum Gasteiger partial charge on any atom is -0.497 e. The molecule has 0 bridgehead atoms. The summed E-state index contributed by atoms with van der Waals surface area (Å²) in [5.74, 6) is 1.13. The van der Waals surface area contributed by atoms with Crippen LogP contribution in [-0.4, -0.2) is 41.9 Å². The highest BCUT2D eigenvalue weighted by atomic mass is 16.5. The van der Waals surface area contributed by atoms with Crippen LogP contribution in [0.2, 0.25) is 0 Å². The highest BCUT2D eigenvalue weighted by Gasteiger charge is 2.26. The first-order valence-corrected chi connectivity index (χ1v) is 10.9. The third-order valence-corrected chi connectivity index (χ3v) is 5.85. The van der Waals surface area contributed by atoms with Gasteiger partial charge in [0.25, 0.3) is 0 Å². The standard InChI is InChI=1S/C25H34N2O2/c1-3-4-17-26(19-21-8-6-5-7-9-21)23-12-15-25(28)27(18-16-23)20-22-10-13-24(29-2)14-11-22/h5-11,13-14,23H,3-4,12,15-20H2,1-2H3. The van der Waals surface area contributed by atoms with Crippen molar-refractivity contribution in [1.29, 1.82) is 0 Å². The second-order valence-electron chi connectivity index (χ2n) is 7.95. The fourth-order valence-electron chi connectivity index (χ4n) is 4.08. The highest BCUT2D eigenvalue weighted by Crippen LogP contribution is 2.22. The molecule has 2 aromatic carbocycles. The Morgan fingerprint density at radius 3 is 2.48 bits per heavy atom. The Balaban J connectivity index is 1.63. The molecule has 1 fully saturated rings. The van der Waals surface area contributed by atoms with Crippen molar-refractivity contribution in [3.63, 3.8) is 0 Å². The van der Waals surface area contributed by atoms with Crippen molar-refractivity contribution in [1.82, 2.24) is 9.80 Å². The fourth-order valence-corrected chi connectivity index (χ4v) is 4.08. The largest absolute Gasteiger partial charge is 0.497 e. The molecule has 1 aliphatic rings. The molecule has 1 saturated heterocycles. The Bertz CT molecular complexity index is 745. The second kappa shape index (κ2) is 11.0. The van der Waals surface area contributed by atoms with Gasteiger partial charge in [-0.1, -0.05) is 55.8 Å². The van der Waals surface area contributed by atoms with Crippen molar-refractivity contribution in [3.8, 4) is 5.75 Å². The van der Waals surface area contributed by atoms with Crippen LogP contribution < -0.4 is 4.74 Å². The molecule has 0 saturated carbocycles. The quantitative estimate of drug-likeness (QED) is 0.608. The number of likely N-dealkylation sites (tertiary alicyclic amines) is 1. The van der Waals surface area contributed by atoms with Gasteiger partial charge >= 0.3 is 0 Å². The summed E-state index contributed by atoms with van der Waals surface area (Å²) >= 11 is 0. The van der Waals surface area contributed by atoms with Gasteiger partial charge in [0, 0.05) is 32.1 Å². The third-order valence-electron chi connectivity index (χ3n) is 5.85. The normalized spacial score (nSPS) is 17.4. The number of methoxy groups -OCH3 is 1. The van der Waals surface area contributed by atoms with E-state index < -0.39 is 0 Å².